The number of hydrogen-bond acceptors (Lipinski definition) is 4. The SMILES string of the molecule is CCNc1cn2ccnc2c(Oc2cc(C)cc(C)c2)n1. The van der Waals surface area contributed by atoms with E-state index < -0.39 is 0 Å². The highest BCUT2D eigenvalue weighted by Gasteiger charge is 2.10. The Labute approximate surface area is 123 Å². The molecule has 0 amide bonds. The van der Waals surface area contributed by atoms with E-state index >= 15 is 0 Å². The summed E-state index contributed by atoms with van der Waals surface area (Å²) in [4.78, 5) is 8.81. The molecule has 0 atom stereocenters. The second-order valence-electron chi connectivity index (χ2n) is 5.05. The molecule has 3 aromatic rings. The number of nitrogens with one attached hydrogen (secondary N) is 1. The molecule has 108 valence electrons. The van der Waals surface area contributed by atoms with Crippen LogP contribution in [0.1, 0.15) is 18.1 Å². The van der Waals surface area contributed by atoms with Gasteiger partial charge in [0.25, 0.3) is 5.88 Å². The first-order valence-corrected chi connectivity index (χ1v) is 6.99. The lowest BCUT2D eigenvalue weighted by Crippen LogP contribution is -2.03. The molecule has 5 heteroatoms. The average Bonchev–Trinajstić information content (AvgIpc) is 2.86. The molecule has 0 saturated carbocycles. The van der Waals surface area contributed by atoms with Crippen LogP contribution in [0.4, 0.5) is 5.82 Å². The fourth-order valence-corrected chi connectivity index (χ4v) is 2.34. The monoisotopic (exact) mass is 282 g/mol. The van der Waals surface area contributed by atoms with Crippen LogP contribution in [0.5, 0.6) is 11.6 Å². The van der Waals surface area contributed by atoms with E-state index in [1.807, 2.05) is 49.7 Å². The van der Waals surface area contributed by atoms with E-state index in [0.29, 0.717) is 11.5 Å². The molecule has 0 saturated heterocycles. The van der Waals surface area contributed by atoms with Crippen LogP contribution in [0, 0.1) is 13.8 Å². The minimum atomic E-state index is 0.503. The molecule has 0 spiro atoms. The largest absolute Gasteiger partial charge is 0.436 e. The van der Waals surface area contributed by atoms with Gasteiger partial charge >= 0.3 is 0 Å². The van der Waals surface area contributed by atoms with Gasteiger partial charge in [-0.1, -0.05) is 6.07 Å². The summed E-state index contributed by atoms with van der Waals surface area (Å²) in [5.74, 6) is 2.05. The summed E-state index contributed by atoms with van der Waals surface area (Å²) in [5.41, 5.74) is 3.02. The Bertz CT molecular complexity index is 759. The van der Waals surface area contributed by atoms with Crippen molar-refractivity contribution in [3.63, 3.8) is 0 Å². The second-order valence-corrected chi connectivity index (χ2v) is 5.05. The zero-order valence-electron chi connectivity index (χ0n) is 12.4. The average molecular weight is 282 g/mol. The number of aromatic nitrogens is 3. The van der Waals surface area contributed by atoms with E-state index in [1.165, 1.54) is 0 Å². The summed E-state index contributed by atoms with van der Waals surface area (Å²) in [5, 5.41) is 3.20. The molecule has 2 heterocycles. The zero-order chi connectivity index (χ0) is 14.8. The standard InChI is InChI=1S/C16H18N4O/c1-4-17-14-10-20-6-5-18-15(20)16(19-14)21-13-8-11(2)7-12(3)9-13/h5-10,17H,4H2,1-3H3. The zero-order valence-corrected chi connectivity index (χ0v) is 12.4. The second kappa shape index (κ2) is 5.44. The lowest BCUT2D eigenvalue weighted by Gasteiger charge is -2.10. The van der Waals surface area contributed by atoms with Gasteiger partial charge in [-0.15, -0.1) is 0 Å². The minimum Gasteiger partial charge on any atom is -0.436 e. The van der Waals surface area contributed by atoms with Crippen molar-refractivity contribution in [3.8, 4) is 11.6 Å². The Kier molecular flexibility index (Phi) is 3.48. The van der Waals surface area contributed by atoms with Gasteiger partial charge in [0, 0.05) is 18.9 Å². The number of aryl methyl sites for hydroxylation is 2. The fourth-order valence-electron chi connectivity index (χ4n) is 2.34. The molecule has 5 nitrogen and oxygen atoms in total. The quantitative estimate of drug-likeness (QED) is 0.794. The molecule has 0 aliphatic carbocycles. The number of fused-ring (bicyclic) bond motifs is 1. The van der Waals surface area contributed by atoms with Crippen LogP contribution in [-0.2, 0) is 0 Å². The van der Waals surface area contributed by atoms with E-state index in [2.05, 4.69) is 21.4 Å². The van der Waals surface area contributed by atoms with Crippen LogP contribution >= 0.6 is 0 Å². The number of rotatable bonds is 4. The van der Waals surface area contributed by atoms with Gasteiger partial charge in [0.1, 0.15) is 11.6 Å². The van der Waals surface area contributed by atoms with Gasteiger partial charge < -0.3 is 10.1 Å². The van der Waals surface area contributed by atoms with Gasteiger partial charge in [0.2, 0.25) is 5.65 Å². The lowest BCUT2D eigenvalue weighted by atomic mass is 10.1. The lowest BCUT2D eigenvalue weighted by molar-refractivity contribution is 0.465. The minimum absolute atomic E-state index is 0.503. The van der Waals surface area contributed by atoms with Gasteiger partial charge in [-0.2, -0.15) is 4.98 Å². The topological polar surface area (TPSA) is 51.5 Å². The van der Waals surface area contributed by atoms with Gasteiger partial charge in [-0.3, -0.25) is 4.40 Å². The molecule has 0 aliphatic rings. The van der Waals surface area contributed by atoms with Crippen molar-refractivity contribution < 1.29 is 4.74 Å². The molecule has 0 fully saturated rings. The summed E-state index contributed by atoms with van der Waals surface area (Å²) < 4.78 is 7.87. The first kappa shape index (κ1) is 13.4. The van der Waals surface area contributed by atoms with Gasteiger partial charge in [0.05, 0.1) is 6.20 Å². The summed E-state index contributed by atoms with van der Waals surface area (Å²) in [6.45, 7) is 6.93. The molecule has 0 aliphatic heterocycles. The van der Waals surface area contributed by atoms with E-state index in [1.54, 1.807) is 6.20 Å². The molecule has 0 bridgehead atoms. The highest BCUT2D eigenvalue weighted by atomic mass is 16.5. The normalized spacial score (nSPS) is 10.8. The third-order valence-electron chi connectivity index (χ3n) is 3.11. The summed E-state index contributed by atoms with van der Waals surface area (Å²) in [6, 6.07) is 6.10. The van der Waals surface area contributed by atoms with Crippen molar-refractivity contribution in [2.75, 3.05) is 11.9 Å². The Balaban J connectivity index is 2.04. The number of imidazole rings is 1. The Morgan fingerprint density at radius 2 is 1.95 bits per heavy atom. The highest BCUT2D eigenvalue weighted by Crippen LogP contribution is 2.26. The fraction of sp³-hybridized carbons (Fsp3) is 0.250. The maximum atomic E-state index is 5.96. The van der Waals surface area contributed by atoms with Crippen LogP contribution in [0.2, 0.25) is 0 Å². The van der Waals surface area contributed by atoms with E-state index in [0.717, 1.165) is 29.2 Å². The number of nitrogens with zero attached hydrogens (tertiary/aromatic N) is 3. The number of benzene rings is 1. The summed E-state index contributed by atoms with van der Waals surface area (Å²) >= 11 is 0. The van der Waals surface area contributed by atoms with Crippen molar-refractivity contribution in [1.29, 1.82) is 0 Å². The molecule has 2 aromatic heterocycles. The van der Waals surface area contributed by atoms with Crippen molar-refractivity contribution >= 4 is 11.5 Å². The smallest absolute Gasteiger partial charge is 0.265 e. The predicted octanol–water partition coefficient (Wildman–Crippen LogP) is 3.57. The van der Waals surface area contributed by atoms with E-state index in [-0.39, 0.29) is 0 Å². The Hall–Kier alpha value is -2.56. The molecule has 1 N–H and O–H groups in total. The van der Waals surface area contributed by atoms with Crippen molar-refractivity contribution in [1.82, 2.24) is 14.4 Å². The van der Waals surface area contributed by atoms with Crippen molar-refractivity contribution in [3.05, 3.63) is 47.9 Å². The van der Waals surface area contributed by atoms with Crippen LogP contribution in [-0.4, -0.2) is 20.9 Å². The van der Waals surface area contributed by atoms with Gasteiger partial charge in [-0.25, -0.2) is 4.98 Å². The molecular formula is C16H18N4O. The van der Waals surface area contributed by atoms with Crippen LogP contribution in [0.3, 0.4) is 0 Å². The molecular weight excluding hydrogens is 264 g/mol. The summed E-state index contributed by atoms with van der Waals surface area (Å²) in [6.07, 6.45) is 5.52. The van der Waals surface area contributed by atoms with Crippen LogP contribution < -0.4 is 10.1 Å². The number of ether oxygens (including phenoxy) is 1. The van der Waals surface area contributed by atoms with E-state index in [4.69, 9.17) is 4.74 Å². The van der Waals surface area contributed by atoms with Crippen LogP contribution in [0.15, 0.2) is 36.8 Å². The first-order valence-electron chi connectivity index (χ1n) is 6.99. The predicted molar refractivity (Wildman–Crippen MR) is 83.1 cm³/mol. The molecule has 21 heavy (non-hydrogen) atoms. The third-order valence-corrected chi connectivity index (χ3v) is 3.11. The molecule has 0 radical (unpaired) electrons. The molecule has 3 rings (SSSR count). The van der Waals surface area contributed by atoms with Crippen molar-refractivity contribution in [2.24, 2.45) is 0 Å². The third kappa shape index (κ3) is 2.81. The van der Waals surface area contributed by atoms with E-state index in [9.17, 15) is 0 Å². The number of anilines is 1. The Morgan fingerprint density at radius 1 is 1.19 bits per heavy atom. The highest BCUT2D eigenvalue weighted by molar-refractivity contribution is 5.55. The van der Waals surface area contributed by atoms with Crippen molar-refractivity contribution in [2.45, 2.75) is 20.8 Å². The molecule has 1 aromatic carbocycles. The summed E-state index contributed by atoms with van der Waals surface area (Å²) in [7, 11) is 0. The van der Waals surface area contributed by atoms with Crippen LogP contribution in [0.25, 0.3) is 5.65 Å². The first-order chi connectivity index (χ1) is 10.2. The van der Waals surface area contributed by atoms with Gasteiger partial charge in [0.15, 0.2) is 0 Å². The Morgan fingerprint density at radius 3 is 2.67 bits per heavy atom. The number of hydrogen-bond donors (Lipinski definition) is 1. The van der Waals surface area contributed by atoms with Gasteiger partial charge in [-0.05, 0) is 44.0 Å². The molecule has 0 unspecified atom stereocenters. The maximum Gasteiger partial charge on any atom is 0.265 e. The maximum absolute atomic E-state index is 5.96.